The second kappa shape index (κ2) is 5.11. The molecule has 5 heteroatoms. The largest absolute Gasteiger partial charge is 0.331 e. The van der Waals surface area contributed by atoms with Crippen molar-refractivity contribution in [3.8, 4) is 0 Å². The molecule has 1 fully saturated rings. The summed E-state index contributed by atoms with van der Waals surface area (Å²) in [6.07, 6.45) is 2.68. The summed E-state index contributed by atoms with van der Waals surface area (Å²) >= 11 is 0. The molecule has 1 atom stereocenters. The Morgan fingerprint density at radius 1 is 1.40 bits per heavy atom. The molecular weight excluding hydrogens is 196 g/mol. The molecule has 0 aliphatic carbocycles. The van der Waals surface area contributed by atoms with Gasteiger partial charge in [-0.3, -0.25) is 14.4 Å². The summed E-state index contributed by atoms with van der Waals surface area (Å²) in [4.78, 5) is 29.7. The van der Waals surface area contributed by atoms with Gasteiger partial charge in [-0.25, -0.2) is 5.06 Å². The van der Waals surface area contributed by atoms with Crippen LogP contribution in [0.25, 0.3) is 0 Å². The number of carbonyl (C=O) groups excluding carboxylic acids is 2. The Kier molecular flexibility index (Phi) is 4.08. The fourth-order valence-electron chi connectivity index (χ4n) is 1.87. The molecule has 0 saturated carbocycles. The van der Waals surface area contributed by atoms with E-state index in [1.807, 2.05) is 0 Å². The third-order valence-electron chi connectivity index (χ3n) is 2.78. The van der Waals surface area contributed by atoms with Crippen LogP contribution in [0.5, 0.6) is 0 Å². The van der Waals surface area contributed by atoms with Crippen molar-refractivity contribution in [1.29, 1.82) is 0 Å². The molecule has 1 rings (SSSR count). The van der Waals surface area contributed by atoms with E-state index >= 15 is 0 Å². The number of hydrogen-bond donors (Lipinski definition) is 0. The van der Waals surface area contributed by atoms with Crippen molar-refractivity contribution < 1.29 is 14.4 Å². The summed E-state index contributed by atoms with van der Waals surface area (Å²) in [7, 11) is 3.01. The maximum atomic E-state index is 11.9. The topological polar surface area (TPSA) is 49.9 Å². The summed E-state index contributed by atoms with van der Waals surface area (Å²) < 4.78 is 0. The smallest absolute Gasteiger partial charge is 0.268 e. The first kappa shape index (κ1) is 12.0. The molecule has 0 aromatic heterocycles. The van der Waals surface area contributed by atoms with E-state index in [1.165, 1.54) is 19.1 Å². The van der Waals surface area contributed by atoms with Gasteiger partial charge in [-0.2, -0.15) is 0 Å². The Balaban J connectivity index is 2.71. The number of carbonyl (C=O) groups is 2. The highest BCUT2D eigenvalue weighted by atomic mass is 16.7. The first-order chi connectivity index (χ1) is 7.07. The van der Waals surface area contributed by atoms with E-state index in [0.717, 1.165) is 19.3 Å². The quantitative estimate of drug-likeness (QED) is 0.625. The zero-order chi connectivity index (χ0) is 11.4. The van der Waals surface area contributed by atoms with E-state index in [1.54, 1.807) is 11.9 Å². The summed E-state index contributed by atoms with van der Waals surface area (Å²) in [5.74, 6) is -0.190. The second-order valence-corrected chi connectivity index (χ2v) is 3.74. The maximum Gasteiger partial charge on any atom is 0.268 e. The van der Waals surface area contributed by atoms with Crippen LogP contribution in [0.2, 0.25) is 0 Å². The molecule has 86 valence electrons. The molecule has 0 N–H and O–H groups in total. The van der Waals surface area contributed by atoms with E-state index in [2.05, 4.69) is 0 Å². The first-order valence-electron chi connectivity index (χ1n) is 5.16. The molecule has 2 amide bonds. The van der Waals surface area contributed by atoms with Gasteiger partial charge in [0.2, 0.25) is 5.91 Å². The molecule has 1 aliphatic rings. The normalized spacial score (nSPS) is 21.3. The predicted octanol–water partition coefficient (Wildman–Crippen LogP) is 0.407. The molecular formula is C10H18N2O3. The van der Waals surface area contributed by atoms with Crippen LogP contribution >= 0.6 is 0 Å². The van der Waals surface area contributed by atoms with Crippen LogP contribution in [0.3, 0.4) is 0 Å². The lowest BCUT2D eigenvalue weighted by molar-refractivity contribution is -0.177. The van der Waals surface area contributed by atoms with Gasteiger partial charge in [0.15, 0.2) is 0 Å². The lowest BCUT2D eigenvalue weighted by Gasteiger charge is -2.35. The van der Waals surface area contributed by atoms with Gasteiger partial charge in [0, 0.05) is 20.5 Å². The molecule has 1 unspecified atom stereocenters. The monoisotopic (exact) mass is 214 g/mol. The van der Waals surface area contributed by atoms with Gasteiger partial charge >= 0.3 is 0 Å². The van der Waals surface area contributed by atoms with Gasteiger partial charge < -0.3 is 4.90 Å². The van der Waals surface area contributed by atoms with Crippen LogP contribution < -0.4 is 0 Å². The summed E-state index contributed by atoms with van der Waals surface area (Å²) in [5, 5.41) is 1.19. The molecule has 0 aromatic carbocycles. The number of piperidine rings is 1. The Morgan fingerprint density at radius 2 is 2.07 bits per heavy atom. The molecule has 1 saturated heterocycles. The Bertz CT molecular complexity index is 255. The highest BCUT2D eigenvalue weighted by molar-refractivity contribution is 5.86. The van der Waals surface area contributed by atoms with E-state index in [0.29, 0.717) is 6.54 Å². The maximum absolute atomic E-state index is 11.9. The van der Waals surface area contributed by atoms with Crippen molar-refractivity contribution in [1.82, 2.24) is 9.96 Å². The van der Waals surface area contributed by atoms with E-state index in [4.69, 9.17) is 4.84 Å². The van der Waals surface area contributed by atoms with Crippen LogP contribution in [0.15, 0.2) is 0 Å². The number of likely N-dealkylation sites (tertiary alicyclic amines) is 1. The Labute approximate surface area is 89.9 Å². The van der Waals surface area contributed by atoms with E-state index < -0.39 is 0 Å². The fraction of sp³-hybridized carbons (Fsp3) is 0.800. The minimum atomic E-state index is -0.346. The van der Waals surface area contributed by atoms with Crippen LogP contribution in [0.4, 0.5) is 0 Å². The fourth-order valence-corrected chi connectivity index (χ4v) is 1.87. The van der Waals surface area contributed by atoms with Gasteiger partial charge in [-0.1, -0.05) is 0 Å². The highest BCUT2D eigenvalue weighted by Gasteiger charge is 2.32. The SMILES string of the molecule is CON(C)C(=O)C1CCCCN1C(C)=O. The van der Waals surface area contributed by atoms with Crippen LogP contribution in [-0.4, -0.2) is 48.5 Å². The van der Waals surface area contributed by atoms with Gasteiger partial charge in [0.05, 0.1) is 7.11 Å². The van der Waals surface area contributed by atoms with E-state index in [9.17, 15) is 9.59 Å². The van der Waals surface area contributed by atoms with Crippen molar-refractivity contribution in [2.24, 2.45) is 0 Å². The molecule has 0 radical (unpaired) electrons. The lowest BCUT2D eigenvalue weighted by Crippen LogP contribution is -2.51. The molecule has 1 aliphatic heterocycles. The number of likely N-dealkylation sites (N-methyl/N-ethyl adjacent to an activating group) is 1. The lowest BCUT2D eigenvalue weighted by atomic mass is 10.0. The Morgan fingerprint density at radius 3 is 2.60 bits per heavy atom. The second-order valence-electron chi connectivity index (χ2n) is 3.74. The third kappa shape index (κ3) is 2.68. The number of hydroxylamine groups is 2. The number of rotatable bonds is 2. The number of amides is 2. The molecule has 0 bridgehead atoms. The summed E-state index contributed by atoms with van der Waals surface area (Å²) in [6, 6.07) is -0.346. The standard InChI is InChI=1S/C10H18N2O3/c1-8(13)12-7-5-4-6-9(12)10(14)11(2)15-3/h9H,4-7H2,1-3H3. The average Bonchev–Trinajstić information content (AvgIpc) is 2.27. The molecule has 0 spiro atoms. The van der Waals surface area contributed by atoms with Crippen molar-refractivity contribution >= 4 is 11.8 Å². The first-order valence-corrected chi connectivity index (χ1v) is 5.16. The highest BCUT2D eigenvalue weighted by Crippen LogP contribution is 2.18. The van der Waals surface area contributed by atoms with Gasteiger partial charge in [-0.05, 0) is 19.3 Å². The van der Waals surface area contributed by atoms with Gasteiger partial charge in [-0.15, -0.1) is 0 Å². The Hall–Kier alpha value is -1.10. The van der Waals surface area contributed by atoms with E-state index in [-0.39, 0.29) is 17.9 Å². The molecule has 5 nitrogen and oxygen atoms in total. The summed E-state index contributed by atoms with van der Waals surface area (Å²) in [5.41, 5.74) is 0. The van der Waals surface area contributed by atoms with Crippen molar-refractivity contribution in [2.75, 3.05) is 20.7 Å². The summed E-state index contributed by atoms with van der Waals surface area (Å²) in [6.45, 7) is 2.17. The predicted molar refractivity (Wildman–Crippen MR) is 54.8 cm³/mol. The van der Waals surface area contributed by atoms with Crippen LogP contribution in [-0.2, 0) is 14.4 Å². The minimum absolute atomic E-state index is 0.0439. The zero-order valence-corrected chi connectivity index (χ0v) is 9.52. The molecule has 15 heavy (non-hydrogen) atoms. The average molecular weight is 214 g/mol. The van der Waals surface area contributed by atoms with Gasteiger partial charge in [0.1, 0.15) is 6.04 Å². The molecule has 0 aromatic rings. The zero-order valence-electron chi connectivity index (χ0n) is 9.52. The molecule has 1 heterocycles. The van der Waals surface area contributed by atoms with Crippen LogP contribution in [0.1, 0.15) is 26.2 Å². The van der Waals surface area contributed by atoms with Crippen molar-refractivity contribution in [3.05, 3.63) is 0 Å². The number of hydrogen-bond acceptors (Lipinski definition) is 3. The third-order valence-corrected chi connectivity index (χ3v) is 2.78. The minimum Gasteiger partial charge on any atom is -0.331 e. The van der Waals surface area contributed by atoms with Crippen LogP contribution in [0, 0.1) is 0 Å². The van der Waals surface area contributed by atoms with Gasteiger partial charge in [0.25, 0.3) is 5.91 Å². The van der Waals surface area contributed by atoms with Crippen molar-refractivity contribution in [3.63, 3.8) is 0 Å². The number of nitrogens with zero attached hydrogens (tertiary/aromatic N) is 2. The van der Waals surface area contributed by atoms with Crippen molar-refractivity contribution in [2.45, 2.75) is 32.2 Å².